The Morgan fingerprint density at radius 2 is 2.00 bits per heavy atom. The van der Waals surface area contributed by atoms with Gasteiger partial charge in [0.2, 0.25) is 0 Å². The quantitative estimate of drug-likeness (QED) is 0.909. The van der Waals surface area contributed by atoms with Crippen molar-refractivity contribution in [1.29, 1.82) is 0 Å². The molecule has 114 valence electrons. The second-order valence-corrected chi connectivity index (χ2v) is 4.78. The molecule has 0 aromatic carbocycles. The molecule has 0 saturated carbocycles. The third-order valence-electron chi connectivity index (χ3n) is 3.36. The maximum Gasteiger partial charge on any atom is 0.417 e. The van der Waals surface area contributed by atoms with E-state index in [1.54, 1.807) is 0 Å². The van der Waals surface area contributed by atoms with Crippen molar-refractivity contribution in [2.24, 2.45) is 0 Å². The first-order valence-electron chi connectivity index (χ1n) is 6.37. The highest BCUT2D eigenvalue weighted by molar-refractivity contribution is 5.95. The molecule has 1 amide bonds. The number of aromatic nitrogens is 1. The number of nitrogens with zero attached hydrogens (tertiary/aromatic N) is 2. The van der Waals surface area contributed by atoms with E-state index in [2.05, 4.69) is 4.98 Å². The van der Waals surface area contributed by atoms with Gasteiger partial charge >= 0.3 is 12.1 Å². The summed E-state index contributed by atoms with van der Waals surface area (Å²) >= 11 is 0. The van der Waals surface area contributed by atoms with Gasteiger partial charge < -0.3 is 10.0 Å². The fourth-order valence-corrected chi connectivity index (χ4v) is 2.27. The molecule has 1 aromatic heterocycles. The molecule has 0 aliphatic carbocycles. The molecule has 8 heteroatoms. The first-order chi connectivity index (χ1) is 9.80. The normalized spacial score (nSPS) is 19.4. The molecule has 1 aromatic rings. The number of hydrogen-bond donors (Lipinski definition) is 1. The lowest BCUT2D eigenvalue weighted by atomic mass is 10.0. The van der Waals surface area contributed by atoms with Crippen LogP contribution in [0.5, 0.6) is 0 Å². The third kappa shape index (κ3) is 3.32. The van der Waals surface area contributed by atoms with Crippen molar-refractivity contribution >= 4 is 11.9 Å². The van der Waals surface area contributed by atoms with Gasteiger partial charge in [-0.25, -0.2) is 4.79 Å². The monoisotopic (exact) mass is 302 g/mol. The van der Waals surface area contributed by atoms with Crippen molar-refractivity contribution in [2.45, 2.75) is 31.5 Å². The highest BCUT2D eigenvalue weighted by Gasteiger charge is 2.34. The van der Waals surface area contributed by atoms with Gasteiger partial charge in [0.15, 0.2) is 0 Å². The van der Waals surface area contributed by atoms with Crippen molar-refractivity contribution in [3.63, 3.8) is 0 Å². The van der Waals surface area contributed by atoms with Crippen LogP contribution in [0.4, 0.5) is 13.2 Å². The second-order valence-electron chi connectivity index (χ2n) is 4.78. The number of alkyl halides is 3. The molecular weight excluding hydrogens is 289 g/mol. The van der Waals surface area contributed by atoms with Gasteiger partial charge in [-0.05, 0) is 31.4 Å². The molecule has 1 unspecified atom stereocenters. The molecule has 0 bridgehead atoms. The van der Waals surface area contributed by atoms with Crippen molar-refractivity contribution in [2.75, 3.05) is 6.54 Å². The van der Waals surface area contributed by atoms with Crippen LogP contribution in [0.3, 0.4) is 0 Å². The molecule has 5 nitrogen and oxygen atoms in total. The minimum absolute atomic E-state index is 0.184. The van der Waals surface area contributed by atoms with Crippen molar-refractivity contribution in [1.82, 2.24) is 9.88 Å². The van der Waals surface area contributed by atoms with Gasteiger partial charge in [-0.3, -0.25) is 9.78 Å². The number of amides is 1. The summed E-state index contributed by atoms with van der Waals surface area (Å²) in [4.78, 5) is 28.0. The lowest BCUT2D eigenvalue weighted by Gasteiger charge is -2.32. The number of pyridine rings is 1. The number of aliphatic carboxylic acids is 1. The Bertz CT molecular complexity index is 543. The smallest absolute Gasteiger partial charge is 0.417 e. The Morgan fingerprint density at radius 3 is 2.52 bits per heavy atom. The van der Waals surface area contributed by atoms with Crippen LogP contribution in [-0.4, -0.2) is 39.5 Å². The summed E-state index contributed by atoms with van der Waals surface area (Å²) in [6.45, 7) is 0.262. The van der Waals surface area contributed by atoms with Crippen LogP contribution in [0.1, 0.15) is 35.3 Å². The predicted molar refractivity (Wildman–Crippen MR) is 65.6 cm³/mol. The van der Waals surface area contributed by atoms with Crippen LogP contribution in [-0.2, 0) is 11.0 Å². The summed E-state index contributed by atoms with van der Waals surface area (Å²) in [7, 11) is 0. The SMILES string of the molecule is O=C(O)C1CCCCN1C(=O)c1ccc(C(F)(F)F)cn1. The summed E-state index contributed by atoms with van der Waals surface area (Å²) in [5.74, 6) is -1.77. The van der Waals surface area contributed by atoms with E-state index in [4.69, 9.17) is 5.11 Å². The molecule has 1 atom stereocenters. The van der Waals surface area contributed by atoms with Gasteiger partial charge in [-0.1, -0.05) is 0 Å². The molecule has 0 spiro atoms. The van der Waals surface area contributed by atoms with Crippen LogP contribution in [0.25, 0.3) is 0 Å². The Labute approximate surface area is 118 Å². The predicted octanol–water partition coefficient (Wildman–Crippen LogP) is 2.18. The van der Waals surface area contributed by atoms with Gasteiger partial charge in [0.1, 0.15) is 11.7 Å². The minimum atomic E-state index is -4.52. The molecule has 1 aliphatic rings. The highest BCUT2D eigenvalue weighted by Crippen LogP contribution is 2.28. The van der Waals surface area contributed by atoms with Gasteiger partial charge in [0.25, 0.3) is 5.91 Å². The van der Waals surface area contributed by atoms with E-state index >= 15 is 0 Å². The zero-order valence-corrected chi connectivity index (χ0v) is 10.9. The number of carboxylic acid groups (broad SMARTS) is 1. The van der Waals surface area contributed by atoms with E-state index in [0.717, 1.165) is 17.0 Å². The summed E-state index contributed by atoms with van der Waals surface area (Å²) in [5, 5.41) is 9.09. The van der Waals surface area contributed by atoms with E-state index < -0.39 is 29.7 Å². The zero-order valence-electron chi connectivity index (χ0n) is 10.9. The number of piperidine rings is 1. The molecule has 2 rings (SSSR count). The van der Waals surface area contributed by atoms with Crippen molar-refractivity contribution in [3.05, 3.63) is 29.6 Å². The number of carbonyl (C=O) groups excluding carboxylic acids is 1. The van der Waals surface area contributed by atoms with E-state index in [1.165, 1.54) is 0 Å². The standard InChI is InChI=1S/C13H13F3N2O3/c14-13(15,16)8-4-5-9(17-7-8)11(19)18-6-2-1-3-10(18)12(20)21/h4-5,7,10H,1-3,6H2,(H,20,21). The number of rotatable bonds is 2. The Balaban J connectivity index is 2.20. The molecule has 1 N–H and O–H groups in total. The average molecular weight is 302 g/mol. The zero-order chi connectivity index (χ0) is 15.6. The van der Waals surface area contributed by atoms with Crippen molar-refractivity contribution in [3.8, 4) is 0 Å². The van der Waals surface area contributed by atoms with E-state index in [1.807, 2.05) is 0 Å². The van der Waals surface area contributed by atoms with Crippen LogP contribution in [0, 0.1) is 0 Å². The fourth-order valence-electron chi connectivity index (χ4n) is 2.27. The summed E-state index contributed by atoms with van der Waals surface area (Å²) in [6.07, 6.45) is -2.25. The number of carboxylic acids is 1. The molecule has 1 fully saturated rings. The number of likely N-dealkylation sites (tertiary alicyclic amines) is 1. The van der Waals surface area contributed by atoms with E-state index in [-0.39, 0.29) is 12.2 Å². The topological polar surface area (TPSA) is 70.5 Å². The van der Waals surface area contributed by atoms with E-state index in [9.17, 15) is 22.8 Å². The van der Waals surface area contributed by atoms with Gasteiger partial charge in [-0.15, -0.1) is 0 Å². The molecule has 2 heterocycles. The molecule has 1 saturated heterocycles. The lowest BCUT2D eigenvalue weighted by molar-refractivity contribution is -0.143. The largest absolute Gasteiger partial charge is 0.480 e. The molecule has 21 heavy (non-hydrogen) atoms. The Morgan fingerprint density at radius 1 is 1.29 bits per heavy atom. The lowest BCUT2D eigenvalue weighted by Crippen LogP contribution is -2.48. The first kappa shape index (κ1) is 15.3. The van der Waals surface area contributed by atoms with Crippen LogP contribution in [0.2, 0.25) is 0 Å². The molecule has 1 aliphatic heterocycles. The fraction of sp³-hybridized carbons (Fsp3) is 0.462. The Kier molecular flexibility index (Phi) is 4.15. The molecule has 0 radical (unpaired) electrons. The number of carbonyl (C=O) groups is 2. The van der Waals surface area contributed by atoms with Gasteiger partial charge in [0.05, 0.1) is 5.56 Å². The first-order valence-corrected chi connectivity index (χ1v) is 6.37. The minimum Gasteiger partial charge on any atom is -0.480 e. The highest BCUT2D eigenvalue weighted by atomic mass is 19.4. The number of hydrogen-bond acceptors (Lipinski definition) is 3. The van der Waals surface area contributed by atoms with Crippen molar-refractivity contribution < 1.29 is 27.9 Å². The maximum atomic E-state index is 12.4. The van der Waals surface area contributed by atoms with E-state index in [0.29, 0.717) is 25.5 Å². The Hall–Kier alpha value is -2.12. The van der Waals surface area contributed by atoms with Gasteiger partial charge in [-0.2, -0.15) is 13.2 Å². The number of halogens is 3. The van der Waals surface area contributed by atoms with Crippen LogP contribution in [0.15, 0.2) is 18.3 Å². The van der Waals surface area contributed by atoms with Gasteiger partial charge in [0, 0.05) is 12.7 Å². The molecular formula is C13H13F3N2O3. The van der Waals surface area contributed by atoms with Crippen LogP contribution < -0.4 is 0 Å². The summed E-state index contributed by atoms with van der Waals surface area (Å²) in [6, 6.07) is 0.786. The summed E-state index contributed by atoms with van der Waals surface area (Å²) < 4.78 is 37.3. The van der Waals surface area contributed by atoms with Crippen LogP contribution >= 0.6 is 0 Å². The maximum absolute atomic E-state index is 12.4. The average Bonchev–Trinajstić information content (AvgIpc) is 2.45. The summed E-state index contributed by atoms with van der Waals surface area (Å²) in [5.41, 5.74) is -1.14. The second kappa shape index (κ2) is 5.71. The third-order valence-corrected chi connectivity index (χ3v) is 3.36.